The minimum atomic E-state index is -0.772. The number of hydrogen-bond acceptors (Lipinski definition) is 7. The number of methoxy groups -OCH3 is 1. The van der Waals surface area contributed by atoms with Gasteiger partial charge >= 0.3 is 12.1 Å². The summed E-state index contributed by atoms with van der Waals surface area (Å²) in [6.07, 6.45) is 1.54. The molecule has 0 aliphatic heterocycles. The van der Waals surface area contributed by atoms with Gasteiger partial charge in [-0.15, -0.1) is 0 Å². The van der Waals surface area contributed by atoms with Gasteiger partial charge in [-0.1, -0.05) is 0 Å². The van der Waals surface area contributed by atoms with E-state index in [-0.39, 0.29) is 44.0 Å². The first-order chi connectivity index (χ1) is 10.5. The molecule has 0 amide bonds. The van der Waals surface area contributed by atoms with E-state index >= 15 is 0 Å². The van der Waals surface area contributed by atoms with Crippen LogP contribution in [0.5, 0.6) is 0 Å². The zero-order valence-electron chi connectivity index (χ0n) is 13.2. The fourth-order valence-corrected chi connectivity index (χ4v) is 1.65. The van der Waals surface area contributed by atoms with E-state index in [1.54, 1.807) is 6.92 Å². The van der Waals surface area contributed by atoms with Gasteiger partial charge in [-0.3, -0.25) is 14.4 Å². The Hall–Kier alpha value is -1.92. The first kappa shape index (κ1) is 20.1. The second kappa shape index (κ2) is 12.8. The van der Waals surface area contributed by atoms with Crippen LogP contribution < -0.4 is 0 Å². The average Bonchev–Trinajstić information content (AvgIpc) is 2.49. The molecular formula is C15H24O7. The molecule has 126 valence electrons. The lowest BCUT2D eigenvalue weighted by molar-refractivity contribution is -0.141. The molecule has 0 aromatic heterocycles. The van der Waals surface area contributed by atoms with Crippen LogP contribution in [0.4, 0.5) is 4.79 Å². The van der Waals surface area contributed by atoms with Crippen LogP contribution in [0.15, 0.2) is 0 Å². The van der Waals surface area contributed by atoms with Gasteiger partial charge in [0.2, 0.25) is 0 Å². The summed E-state index contributed by atoms with van der Waals surface area (Å²) in [7, 11) is 1.28. The number of Topliss-reactive ketones (excluding diaryl/α,β-unsaturated/α-hetero) is 2. The van der Waals surface area contributed by atoms with Gasteiger partial charge in [0.1, 0.15) is 18.2 Å². The van der Waals surface area contributed by atoms with E-state index < -0.39 is 12.1 Å². The van der Waals surface area contributed by atoms with E-state index in [4.69, 9.17) is 0 Å². The molecule has 0 heterocycles. The van der Waals surface area contributed by atoms with Crippen molar-refractivity contribution in [2.45, 2.75) is 51.9 Å². The third-order valence-electron chi connectivity index (χ3n) is 2.86. The largest absolute Gasteiger partial charge is 0.508 e. The Labute approximate surface area is 130 Å². The minimum Gasteiger partial charge on any atom is -0.469 e. The first-order valence-electron chi connectivity index (χ1n) is 7.39. The topological polar surface area (TPSA) is 96.0 Å². The quantitative estimate of drug-likeness (QED) is 0.402. The van der Waals surface area contributed by atoms with Gasteiger partial charge in [0.15, 0.2) is 0 Å². The third-order valence-corrected chi connectivity index (χ3v) is 2.86. The summed E-state index contributed by atoms with van der Waals surface area (Å²) in [5, 5.41) is 0. The fraction of sp³-hybridized carbons (Fsp3) is 0.733. The van der Waals surface area contributed by atoms with Crippen molar-refractivity contribution in [2.24, 2.45) is 0 Å². The van der Waals surface area contributed by atoms with Gasteiger partial charge in [-0.2, -0.15) is 0 Å². The summed E-state index contributed by atoms with van der Waals surface area (Å²) in [6.45, 7) is 1.91. The fourth-order valence-electron chi connectivity index (χ4n) is 1.65. The molecule has 0 atom stereocenters. The number of hydrogen-bond donors (Lipinski definition) is 0. The van der Waals surface area contributed by atoms with Crippen LogP contribution in [-0.4, -0.2) is 44.0 Å². The van der Waals surface area contributed by atoms with Crippen molar-refractivity contribution in [1.82, 2.24) is 0 Å². The van der Waals surface area contributed by atoms with E-state index in [2.05, 4.69) is 14.2 Å². The molecule has 0 radical (unpaired) electrons. The summed E-state index contributed by atoms with van der Waals surface area (Å²) in [5.41, 5.74) is 0. The maximum Gasteiger partial charge on any atom is 0.508 e. The van der Waals surface area contributed by atoms with Crippen LogP contribution >= 0.6 is 0 Å². The molecule has 0 saturated carbocycles. The number of carbonyl (C=O) groups is 4. The summed E-state index contributed by atoms with van der Waals surface area (Å²) >= 11 is 0. The van der Waals surface area contributed by atoms with Crippen LogP contribution in [0, 0.1) is 0 Å². The van der Waals surface area contributed by atoms with Crippen molar-refractivity contribution in [3.05, 3.63) is 0 Å². The van der Waals surface area contributed by atoms with Crippen molar-refractivity contribution in [3.63, 3.8) is 0 Å². The van der Waals surface area contributed by atoms with E-state index in [0.29, 0.717) is 25.7 Å². The van der Waals surface area contributed by atoms with E-state index in [9.17, 15) is 19.2 Å². The van der Waals surface area contributed by atoms with Gasteiger partial charge in [-0.25, -0.2) is 4.79 Å². The predicted octanol–water partition coefficient (Wildman–Crippen LogP) is 2.20. The van der Waals surface area contributed by atoms with Crippen LogP contribution in [-0.2, 0) is 28.6 Å². The van der Waals surface area contributed by atoms with E-state index in [0.717, 1.165) is 0 Å². The standard InChI is InChI=1S/C15H24O7/c1-3-21-15(19)22-11-10-13(17)7-5-4-6-12(16)8-9-14(18)20-2/h3-11H2,1-2H3. The highest BCUT2D eigenvalue weighted by Crippen LogP contribution is 2.06. The third kappa shape index (κ3) is 11.9. The average molecular weight is 316 g/mol. The molecule has 0 aliphatic carbocycles. The molecule has 7 heteroatoms. The lowest BCUT2D eigenvalue weighted by Gasteiger charge is -2.04. The van der Waals surface area contributed by atoms with Gasteiger partial charge in [0.05, 0.1) is 20.1 Å². The number of unbranched alkanes of at least 4 members (excludes halogenated alkanes) is 1. The van der Waals surface area contributed by atoms with Crippen LogP contribution in [0.2, 0.25) is 0 Å². The van der Waals surface area contributed by atoms with E-state index in [1.807, 2.05) is 0 Å². The highest BCUT2D eigenvalue weighted by Gasteiger charge is 2.09. The van der Waals surface area contributed by atoms with Gasteiger partial charge in [0, 0.05) is 25.7 Å². The molecule has 0 N–H and O–H groups in total. The Morgan fingerprint density at radius 2 is 1.36 bits per heavy atom. The maximum absolute atomic E-state index is 11.5. The summed E-state index contributed by atoms with van der Waals surface area (Å²) in [4.78, 5) is 44.7. The Balaban J connectivity index is 3.54. The van der Waals surface area contributed by atoms with Gasteiger partial charge in [-0.05, 0) is 19.8 Å². The second-order valence-electron chi connectivity index (χ2n) is 4.64. The molecular weight excluding hydrogens is 292 g/mol. The second-order valence-corrected chi connectivity index (χ2v) is 4.64. The van der Waals surface area contributed by atoms with Crippen LogP contribution in [0.3, 0.4) is 0 Å². The summed E-state index contributed by atoms with van der Waals surface area (Å²) < 4.78 is 13.7. The Morgan fingerprint density at radius 1 is 0.773 bits per heavy atom. The van der Waals surface area contributed by atoms with Crippen molar-refractivity contribution >= 4 is 23.7 Å². The SMILES string of the molecule is CCOC(=O)OCCC(=O)CCCCC(=O)CCC(=O)OC. The molecule has 0 aromatic carbocycles. The lowest BCUT2D eigenvalue weighted by atomic mass is 10.1. The number of carbonyl (C=O) groups excluding carboxylic acids is 4. The zero-order valence-corrected chi connectivity index (χ0v) is 13.2. The Kier molecular flexibility index (Phi) is 11.7. The Morgan fingerprint density at radius 3 is 1.91 bits per heavy atom. The minimum absolute atomic E-state index is 0.00965. The Bertz CT molecular complexity index is 376. The monoisotopic (exact) mass is 316 g/mol. The van der Waals surface area contributed by atoms with Crippen molar-refractivity contribution in [1.29, 1.82) is 0 Å². The molecule has 22 heavy (non-hydrogen) atoms. The number of esters is 1. The number of rotatable bonds is 12. The number of ketones is 2. The highest BCUT2D eigenvalue weighted by atomic mass is 16.7. The molecule has 0 saturated heterocycles. The normalized spacial score (nSPS) is 9.91. The lowest BCUT2D eigenvalue weighted by Crippen LogP contribution is -2.11. The zero-order chi connectivity index (χ0) is 16.8. The van der Waals surface area contributed by atoms with Crippen LogP contribution in [0.25, 0.3) is 0 Å². The summed E-state index contributed by atoms with van der Waals surface area (Å²) in [5.74, 6) is -0.431. The number of ether oxygens (including phenoxy) is 3. The molecule has 0 rings (SSSR count). The smallest absolute Gasteiger partial charge is 0.469 e. The van der Waals surface area contributed by atoms with E-state index in [1.165, 1.54) is 7.11 Å². The van der Waals surface area contributed by atoms with Crippen molar-refractivity contribution < 1.29 is 33.4 Å². The molecule has 0 aromatic rings. The highest BCUT2D eigenvalue weighted by molar-refractivity contribution is 5.83. The molecule has 0 unspecified atom stereocenters. The molecule has 7 nitrogen and oxygen atoms in total. The molecule has 0 aliphatic rings. The molecule has 0 bridgehead atoms. The van der Waals surface area contributed by atoms with Crippen molar-refractivity contribution in [2.75, 3.05) is 20.3 Å². The molecule has 0 spiro atoms. The van der Waals surface area contributed by atoms with Gasteiger partial charge in [0.25, 0.3) is 0 Å². The van der Waals surface area contributed by atoms with Crippen LogP contribution in [0.1, 0.15) is 51.9 Å². The first-order valence-corrected chi connectivity index (χ1v) is 7.39. The maximum atomic E-state index is 11.5. The molecule has 0 fully saturated rings. The van der Waals surface area contributed by atoms with Gasteiger partial charge < -0.3 is 14.2 Å². The summed E-state index contributed by atoms with van der Waals surface area (Å²) in [6, 6.07) is 0. The predicted molar refractivity (Wildman–Crippen MR) is 77.3 cm³/mol. The van der Waals surface area contributed by atoms with Crippen molar-refractivity contribution in [3.8, 4) is 0 Å².